The minimum absolute atomic E-state index is 0.143. The van der Waals surface area contributed by atoms with Gasteiger partial charge in [0.15, 0.2) is 22.2 Å². The molecule has 0 aromatic heterocycles. The van der Waals surface area contributed by atoms with Crippen LogP contribution in [-0.4, -0.2) is 38.9 Å². The SMILES string of the molecule is CS(=O)(=O)Cc1ccc(C(=O)OCC(=O)Nc2ccc(Cl)cc2C(=O)c2ccccc2)cc1. The fourth-order valence-electron chi connectivity index (χ4n) is 3.00. The van der Waals surface area contributed by atoms with Crippen LogP contribution in [0.3, 0.4) is 0 Å². The van der Waals surface area contributed by atoms with Gasteiger partial charge in [0.1, 0.15) is 0 Å². The zero-order chi connectivity index (χ0) is 24.0. The third kappa shape index (κ3) is 7.00. The summed E-state index contributed by atoms with van der Waals surface area (Å²) in [6.07, 6.45) is 1.12. The first-order valence-electron chi connectivity index (χ1n) is 9.75. The lowest BCUT2D eigenvalue weighted by atomic mass is 10.0. The molecule has 0 heterocycles. The summed E-state index contributed by atoms with van der Waals surface area (Å²) in [4.78, 5) is 37.4. The van der Waals surface area contributed by atoms with Crippen molar-refractivity contribution in [1.82, 2.24) is 0 Å². The van der Waals surface area contributed by atoms with Crippen molar-refractivity contribution in [2.45, 2.75) is 5.75 Å². The highest BCUT2D eigenvalue weighted by Gasteiger charge is 2.17. The molecule has 0 unspecified atom stereocenters. The molecule has 0 aliphatic rings. The number of anilines is 1. The molecule has 3 rings (SSSR count). The van der Waals surface area contributed by atoms with Crippen molar-refractivity contribution < 1.29 is 27.5 Å². The fourth-order valence-corrected chi connectivity index (χ4v) is 3.97. The number of carbonyl (C=O) groups is 3. The molecule has 0 radical (unpaired) electrons. The second kappa shape index (κ2) is 10.4. The molecule has 9 heteroatoms. The summed E-state index contributed by atoms with van der Waals surface area (Å²) in [5.41, 5.74) is 1.58. The Hall–Kier alpha value is -3.49. The van der Waals surface area contributed by atoms with Gasteiger partial charge in [0, 0.05) is 22.4 Å². The monoisotopic (exact) mass is 485 g/mol. The summed E-state index contributed by atoms with van der Waals surface area (Å²) < 4.78 is 27.7. The van der Waals surface area contributed by atoms with Crippen molar-refractivity contribution in [2.75, 3.05) is 18.2 Å². The number of amides is 1. The number of esters is 1. The fraction of sp³-hybridized carbons (Fsp3) is 0.125. The lowest BCUT2D eigenvalue weighted by molar-refractivity contribution is -0.119. The van der Waals surface area contributed by atoms with Gasteiger partial charge in [-0.15, -0.1) is 0 Å². The number of ether oxygens (including phenoxy) is 1. The van der Waals surface area contributed by atoms with Crippen molar-refractivity contribution in [2.24, 2.45) is 0 Å². The topological polar surface area (TPSA) is 107 Å². The first kappa shape index (κ1) is 24.2. The van der Waals surface area contributed by atoms with E-state index < -0.39 is 28.3 Å². The van der Waals surface area contributed by atoms with E-state index in [0.29, 0.717) is 16.1 Å². The smallest absolute Gasteiger partial charge is 0.338 e. The van der Waals surface area contributed by atoms with Crippen LogP contribution in [-0.2, 0) is 25.1 Å². The van der Waals surface area contributed by atoms with E-state index in [1.54, 1.807) is 30.3 Å². The Balaban J connectivity index is 1.64. The zero-order valence-corrected chi connectivity index (χ0v) is 19.2. The van der Waals surface area contributed by atoms with Crippen molar-refractivity contribution in [3.63, 3.8) is 0 Å². The minimum atomic E-state index is -3.19. The zero-order valence-electron chi connectivity index (χ0n) is 17.6. The molecule has 0 atom stereocenters. The number of sulfone groups is 1. The van der Waals surface area contributed by atoms with Crippen LogP contribution < -0.4 is 5.32 Å². The summed E-state index contributed by atoms with van der Waals surface area (Å²) >= 11 is 6.03. The molecule has 7 nitrogen and oxygen atoms in total. The molecule has 3 aromatic rings. The summed E-state index contributed by atoms with van der Waals surface area (Å²) in [6, 6.07) is 18.9. The third-order valence-electron chi connectivity index (χ3n) is 4.49. The molecular formula is C24H20ClNO6S. The van der Waals surface area contributed by atoms with Crippen LogP contribution in [0.15, 0.2) is 72.8 Å². The van der Waals surface area contributed by atoms with E-state index >= 15 is 0 Å². The Kier molecular flexibility index (Phi) is 7.63. The number of ketones is 1. The second-order valence-corrected chi connectivity index (χ2v) is 9.85. The molecule has 3 aromatic carbocycles. The first-order valence-corrected chi connectivity index (χ1v) is 12.2. The second-order valence-electron chi connectivity index (χ2n) is 7.28. The lowest BCUT2D eigenvalue weighted by Crippen LogP contribution is -2.22. The number of benzene rings is 3. The van der Waals surface area contributed by atoms with Crippen molar-refractivity contribution in [3.8, 4) is 0 Å². The van der Waals surface area contributed by atoms with E-state index in [9.17, 15) is 22.8 Å². The largest absolute Gasteiger partial charge is 0.452 e. The molecule has 0 bridgehead atoms. The predicted octanol–water partition coefficient (Wildman–Crippen LogP) is 3.91. The average Bonchev–Trinajstić information content (AvgIpc) is 2.78. The van der Waals surface area contributed by atoms with Crippen LogP contribution in [0.1, 0.15) is 31.8 Å². The van der Waals surface area contributed by atoms with Crippen LogP contribution in [0, 0.1) is 0 Å². The molecule has 33 heavy (non-hydrogen) atoms. The number of nitrogens with one attached hydrogen (secondary N) is 1. The maximum Gasteiger partial charge on any atom is 0.338 e. The molecular weight excluding hydrogens is 466 g/mol. The van der Waals surface area contributed by atoms with E-state index in [1.807, 2.05) is 0 Å². The van der Waals surface area contributed by atoms with Crippen LogP contribution in [0.25, 0.3) is 0 Å². The molecule has 0 aliphatic carbocycles. The highest BCUT2D eigenvalue weighted by molar-refractivity contribution is 7.89. The van der Waals surface area contributed by atoms with Crippen molar-refractivity contribution in [3.05, 3.63) is 100 Å². The number of halogens is 1. The van der Waals surface area contributed by atoms with E-state index in [2.05, 4.69) is 5.32 Å². The molecule has 0 spiro atoms. The molecule has 1 N–H and O–H groups in total. The van der Waals surface area contributed by atoms with Crippen LogP contribution in [0.5, 0.6) is 0 Å². The Bertz CT molecular complexity index is 1290. The van der Waals surface area contributed by atoms with E-state index in [4.69, 9.17) is 16.3 Å². The van der Waals surface area contributed by atoms with E-state index in [-0.39, 0.29) is 28.4 Å². The van der Waals surface area contributed by atoms with E-state index in [0.717, 1.165) is 6.26 Å². The van der Waals surface area contributed by atoms with Gasteiger partial charge in [0.05, 0.1) is 17.0 Å². The summed E-state index contributed by atoms with van der Waals surface area (Å²) in [5.74, 6) is -1.84. The maximum absolute atomic E-state index is 12.8. The van der Waals surface area contributed by atoms with Gasteiger partial charge in [0.2, 0.25) is 0 Å². The molecule has 170 valence electrons. The Labute approximate surface area is 196 Å². The predicted molar refractivity (Wildman–Crippen MR) is 125 cm³/mol. The molecule has 0 saturated heterocycles. The Morgan fingerprint density at radius 1 is 0.909 bits per heavy atom. The van der Waals surface area contributed by atoms with Crippen molar-refractivity contribution >= 4 is 44.8 Å². The molecule has 0 aliphatic heterocycles. The quantitative estimate of drug-likeness (QED) is 0.383. The third-order valence-corrected chi connectivity index (χ3v) is 5.58. The first-order chi connectivity index (χ1) is 15.6. The van der Waals surface area contributed by atoms with Crippen molar-refractivity contribution in [1.29, 1.82) is 0 Å². The Morgan fingerprint density at radius 2 is 1.58 bits per heavy atom. The highest BCUT2D eigenvalue weighted by atomic mass is 35.5. The van der Waals surface area contributed by atoms with Gasteiger partial charge >= 0.3 is 5.97 Å². The Morgan fingerprint density at radius 3 is 2.21 bits per heavy atom. The van der Waals surface area contributed by atoms with Gasteiger partial charge in [-0.25, -0.2) is 13.2 Å². The maximum atomic E-state index is 12.8. The number of carbonyl (C=O) groups excluding carboxylic acids is 3. The molecule has 0 fully saturated rings. The van der Waals surface area contributed by atoms with Crippen LogP contribution in [0.4, 0.5) is 5.69 Å². The molecule has 1 amide bonds. The normalized spacial score (nSPS) is 11.0. The minimum Gasteiger partial charge on any atom is -0.452 e. The average molecular weight is 486 g/mol. The molecule has 0 saturated carbocycles. The summed E-state index contributed by atoms with van der Waals surface area (Å²) in [5, 5.41) is 2.90. The number of hydrogen-bond acceptors (Lipinski definition) is 6. The lowest BCUT2D eigenvalue weighted by Gasteiger charge is -2.12. The van der Waals surface area contributed by atoms with E-state index in [1.165, 1.54) is 42.5 Å². The number of rotatable bonds is 8. The van der Waals surface area contributed by atoms with Gasteiger partial charge in [-0.3, -0.25) is 9.59 Å². The van der Waals surface area contributed by atoms with Crippen LogP contribution in [0.2, 0.25) is 5.02 Å². The van der Waals surface area contributed by atoms with Gasteiger partial charge in [-0.1, -0.05) is 54.1 Å². The van der Waals surface area contributed by atoms with Gasteiger partial charge in [-0.05, 0) is 35.9 Å². The highest BCUT2D eigenvalue weighted by Crippen LogP contribution is 2.24. The van der Waals surface area contributed by atoms with Gasteiger partial charge in [-0.2, -0.15) is 0 Å². The van der Waals surface area contributed by atoms with Gasteiger partial charge in [0.25, 0.3) is 5.91 Å². The summed E-state index contributed by atoms with van der Waals surface area (Å²) in [7, 11) is -3.19. The van der Waals surface area contributed by atoms with Crippen LogP contribution >= 0.6 is 11.6 Å². The summed E-state index contributed by atoms with van der Waals surface area (Å²) in [6.45, 7) is -0.578. The standard InChI is InChI=1S/C24H20ClNO6S/c1-33(30,31)15-16-7-9-18(10-8-16)24(29)32-14-22(27)26-21-12-11-19(25)13-20(21)23(28)17-5-3-2-4-6-17/h2-13H,14-15H2,1H3,(H,26,27). The van der Waals surface area contributed by atoms with Gasteiger partial charge < -0.3 is 10.1 Å². The number of hydrogen-bond donors (Lipinski definition) is 1.